The fourth-order valence-electron chi connectivity index (χ4n) is 2.48. The van der Waals surface area contributed by atoms with Crippen molar-refractivity contribution in [3.8, 4) is 6.07 Å². The van der Waals surface area contributed by atoms with E-state index in [4.69, 9.17) is 14.7 Å². The zero-order chi connectivity index (χ0) is 15.3. The van der Waals surface area contributed by atoms with Crippen molar-refractivity contribution in [1.82, 2.24) is 5.32 Å². The average Bonchev–Trinajstić information content (AvgIpc) is 2.91. The van der Waals surface area contributed by atoms with Crippen LogP contribution < -0.4 is 5.32 Å². The first kappa shape index (κ1) is 15.5. The van der Waals surface area contributed by atoms with E-state index in [0.717, 1.165) is 6.42 Å². The van der Waals surface area contributed by atoms with Crippen LogP contribution in [0.25, 0.3) is 0 Å². The van der Waals surface area contributed by atoms with Crippen LogP contribution in [0.5, 0.6) is 0 Å². The molecule has 1 N–H and O–H groups in total. The molecule has 0 saturated carbocycles. The first-order valence-corrected chi connectivity index (χ1v) is 7.09. The van der Waals surface area contributed by atoms with E-state index in [9.17, 15) is 4.79 Å². The van der Waals surface area contributed by atoms with Gasteiger partial charge < -0.3 is 14.8 Å². The minimum absolute atomic E-state index is 0.169. The molecular weight excluding hydrogens is 268 g/mol. The largest absolute Gasteiger partial charge is 0.352 e. The molecular formula is C16H20N2O3. The number of nitrogens with one attached hydrogen (secondary N) is 1. The summed E-state index contributed by atoms with van der Waals surface area (Å²) in [6.07, 6.45) is 0.728. The number of rotatable bonds is 5. The minimum Gasteiger partial charge on any atom is -0.352 e. The second-order valence-corrected chi connectivity index (χ2v) is 5.54. The van der Waals surface area contributed by atoms with Crippen LogP contribution in [-0.2, 0) is 9.47 Å². The van der Waals surface area contributed by atoms with Gasteiger partial charge in [-0.05, 0) is 31.0 Å². The van der Waals surface area contributed by atoms with Crippen molar-refractivity contribution in [2.24, 2.45) is 5.92 Å². The molecule has 1 fully saturated rings. The van der Waals surface area contributed by atoms with E-state index < -0.39 is 5.79 Å². The fraction of sp³-hybridized carbons (Fsp3) is 0.500. The SMILES string of the molecule is C[C@H](CNC(=O)c1cccc(C#N)c1)CC1(C)OCCO1. The second kappa shape index (κ2) is 6.70. The number of carbonyl (C=O) groups excluding carboxylic acids is 1. The molecule has 0 spiro atoms. The molecule has 21 heavy (non-hydrogen) atoms. The fourth-order valence-corrected chi connectivity index (χ4v) is 2.48. The smallest absolute Gasteiger partial charge is 0.251 e. The highest BCUT2D eigenvalue weighted by Crippen LogP contribution is 2.26. The Morgan fingerprint density at radius 3 is 2.86 bits per heavy atom. The molecule has 5 heteroatoms. The van der Waals surface area contributed by atoms with Crippen LogP contribution >= 0.6 is 0 Å². The lowest BCUT2D eigenvalue weighted by Gasteiger charge is -2.26. The van der Waals surface area contributed by atoms with Crippen LogP contribution in [0.3, 0.4) is 0 Å². The van der Waals surface area contributed by atoms with Gasteiger partial charge in [-0.15, -0.1) is 0 Å². The van der Waals surface area contributed by atoms with Gasteiger partial charge >= 0.3 is 0 Å². The van der Waals surface area contributed by atoms with Crippen molar-refractivity contribution in [2.75, 3.05) is 19.8 Å². The van der Waals surface area contributed by atoms with E-state index in [1.807, 2.05) is 19.9 Å². The molecule has 0 aromatic heterocycles. The molecule has 1 aliphatic rings. The van der Waals surface area contributed by atoms with Gasteiger partial charge in [-0.2, -0.15) is 5.26 Å². The lowest BCUT2D eigenvalue weighted by molar-refractivity contribution is -0.153. The molecule has 1 amide bonds. The Balaban J connectivity index is 1.84. The Labute approximate surface area is 124 Å². The minimum atomic E-state index is -0.537. The molecule has 1 aromatic carbocycles. The maximum Gasteiger partial charge on any atom is 0.251 e. The third-order valence-electron chi connectivity index (χ3n) is 3.48. The third kappa shape index (κ3) is 4.28. The summed E-state index contributed by atoms with van der Waals surface area (Å²) in [6.45, 7) is 5.75. The molecule has 2 rings (SSSR count). The van der Waals surface area contributed by atoms with Gasteiger partial charge in [-0.1, -0.05) is 13.0 Å². The summed E-state index contributed by atoms with van der Waals surface area (Å²) in [6, 6.07) is 8.70. The lowest BCUT2D eigenvalue weighted by atomic mass is 10.0. The molecule has 0 aliphatic carbocycles. The molecule has 1 heterocycles. The maximum absolute atomic E-state index is 12.1. The van der Waals surface area contributed by atoms with Crippen molar-refractivity contribution in [2.45, 2.75) is 26.1 Å². The van der Waals surface area contributed by atoms with Gasteiger partial charge in [0.15, 0.2) is 5.79 Å². The summed E-state index contributed by atoms with van der Waals surface area (Å²) in [7, 11) is 0. The van der Waals surface area contributed by atoms with Crippen molar-refractivity contribution >= 4 is 5.91 Å². The van der Waals surface area contributed by atoms with Gasteiger partial charge in [0, 0.05) is 18.5 Å². The van der Waals surface area contributed by atoms with Crippen LogP contribution in [0.1, 0.15) is 36.2 Å². The second-order valence-electron chi connectivity index (χ2n) is 5.54. The molecule has 0 unspecified atom stereocenters. The molecule has 0 radical (unpaired) electrons. The van der Waals surface area contributed by atoms with Crippen molar-refractivity contribution in [3.63, 3.8) is 0 Å². The first-order chi connectivity index (χ1) is 10.0. The number of benzene rings is 1. The summed E-state index contributed by atoms with van der Waals surface area (Å²) in [5.74, 6) is -0.473. The molecule has 5 nitrogen and oxygen atoms in total. The van der Waals surface area contributed by atoms with E-state index >= 15 is 0 Å². The van der Waals surface area contributed by atoms with Crippen LogP contribution in [0, 0.1) is 17.2 Å². The summed E-state index contributed by atoms with van der Waals surface area (Å²) in [4.78, 5) is 12.1. The van der Waals surface area contributed by atoms with Crippen molar-refractivity contribution in [1.29, 1.82) is 5.26 Å². The predicted molar refractivity (Wildman–Crippen MR) is 77.6 cm³/mol. The number of hydrogen-bond acceptors (Lipinski definition) is 4. The first-order valence-electron chi connectivity index (χ1n) is 7.09. The standard InChI is InChI=1S/C16H20N2O3/c1-12(9-16(2)20-6-7-21-16)11-18-15(19)14-5-3-4-13(8-14)10-17/h3-5,8,12H,6-7,9,11H2,1-2H3,(H,18,19)/t12-/m0/s1. The molecule has 1 saturated heterocycles. The van der Waals surface area contributed by atoms with Gasteiger partial charge in [-0.3, -0.25) is 4.79 Å². The molecule has 1 aliphatic heterocycles. The van der Waals surface area contributed by atoms with Gasteiger partial charge in [0.25, 0.3) is 5.91 Å². The van der Waals surface area contributed by atoms with E-state index in [1.165, 1.54) is 0 Å². The average molecular weight is 288 g/mol. The summed E-state index contributed by atoms with van der Waals surface area (Å²) in [5.41, 5.74) is 0.983. The zero-order valence-corrected chi connectivity index (χ0v) is 12.4. The normalized spacial score (nSPS) is 18.0. The lowest BCUT2D eigenvalue weighted by Crippen LogP contribution is -2.34. The molecule has 0 bridgehead atoms. The van der Waals surface area contributed by atoms with Gasteiger partial charge in [0.05, 0.1) is 24.8 Å². The van der Waals surface area contributed by atoms with Crippen molar-refractivity contribution < 1.29 is 14.3 Å². The number of nitriles is 1. The summed E-state index contributed by atoms with van der Waals surface area (Å²) < 4.78 is 11.1. The highest BCUT2D eigenvalue weighted by molar-refractivity contribution is 5.94. The Kier molecular flexibility index (Phi) is 4.94. The quantitative estimate of drug-likeness (QED) is 0.900. The monoisotopic (exact) mass is 288 g/mol. The van der Waals surface area contributed by atoms with Crippen LogP contribution in [0.2, 0.25) is 0 Å². The summed E-state index contributed by atoms with van der Waals surface area (Å²) in [5, 5.41) is 11.7. The Bertz CT molecular complexity index is 545. The van der Waals surface area contributed by atoms with Crippen molar-refractivity contribution in [3.05, 3.63) is 35.4 Å². The number of hydrogen-bond donors (Lipinski definition) is 1. The van der Waals surface area contributed by atoms with E-state index in [-0.39, 0.29) is 11.8 Å². The Morgan fingerprint density at radius 1 is 1.48 bits per heavy atom. The molecule has 1 atom stereocenters. The van der Waals surface area contributed by atoms with Crippen LogP contribution in [0.15, 0.2) is 24.3 Å². The molecule has 1 aromatic rings. The third-order valence-corrected chi connectivity index (χ3v) is 3.48. The summed E-state index contributed by atoms with van der Waals surface area (Å²) >= 11 is 0. The Hall–Kier alpha value is -1.90. The van der Waals surface area contributed by atoms with E-state index in [2.05, 4.69) is 5.32 Å². The zero-order valence-electron chi connectivity index (χ0n) is 12.4. The number of ether oxygens (including phenoxy) is 2. The number of carbonyl (C=O) groups is 1. The highest BCUT2D eigenvalue weighted by Gasteiger charge is 2.32. The van der Waals surface area contributed by atoms with Gasteiger partial charge in [-0.25, -0.2) is 0 Å². The Morgan fingerprint density at radius 2 is 2.19 bits per heavy atom. The number of amides is 1. The maximum atomic E-state index is 12.1. The topological polar surface area (TPSA) is 71.4 Å². The predicted octanol–water partition coefficient (Wildman–Crippen LogP) is 2.08. The highest BCUT2D eigenvalue weighted by atomic mass is 16.7. The number of nitrogens with zero attached hydrogens (tertiary/aromatic N) is 1. The van der Waals surface area contributed by atoms with Crippen LogP contribution in [-0.4, -0.2) is 31.5 Å². The van der Waals surface area contributed by atoms with Gasteiger partial charge in [0.2, 0.25) is 0 Å². The van der Waals surface area contributed by atoms with Gasteiger partial charge in [0.1, 0.15) is 0 Å². The van der Waals surface area contributed by atoms with Crippen LogP contribution in [0.4, 0.5) is 0 Å². The molecule has 112 valence electrons. The van der Waals surface area contributed by atoms with E-state index in [0.29, 0.717) is 30.9 Å². The van der Waals surface area contributed by atoms with E-state index in [1.54, 1.807) is 24.3 Å².